The largest absolute Gasteiger partial charge is 0.459 e. The summed E-state index contributed by atoms with van der Waals surface area (Å²) in [6.45, 7) is 0. The highest BCUT2D eigenvalue weighted by Gasteiger charge is 2.29. The van der Waals surface area contributed by atoms with Crippen LogP contribution in [0.4, 0.5) is 0 Å². The number of hydrogen-bond acceptors (Lipinski definition) is 5. The first-order valence-corrected chi connectivity index (χ1v) is 9.89. The smallest absolute Gasteiger partial charge is 0.338 e. The van der Waals surface area contributed by atoms with Gasteiger partial charge in [-0.25, -0.2) is 9.78 Å². The molecule has 0 spiro atoms. The van der Waals surface area contributed by atoms with Crippen LogP contribution in [0.15, 0.2) is 40.8 Å². The van der Waals surface area contributed by atoms with E-state index in [0.717, 1.165) is 19.3 Å². The maximum absolute atomic E-state index is 12.6. The van der Waals surface area contributed by atoms with Crippen molar-refractivity contribution in [3.05, 3.63) is 52.0 Å². The molecule has 0 unspecified atom stereocenters. The van der Waals surface area contributed by atoms with Gasteiger partial charge in [-0.1, -0.05) is 23.2 Å². The van der Waals surface area contributed by atoms with E-state index < -0.39 is 0 Å². The molecule has 0 saturated heterocycles. The Hall–Kier alpha value is -2.08. The Morgan fingerprint density at radius 1 is 1.14 bits per heavy atom. The second-order valence-electron chi connectivity index (χ2n) is 7.32. The summed E-state index contributed by atoms with van der Waals surface area (Å²) in [6.07, 6.45) is 2.74. The number of hydrogen-bond donors (Lipinski definition) is 0. The molecule has 1 saturated carbocycles. The Labute approximate surface area is 173 Å². The normalized spacial score (nSPS) is 19.5. The van der Waals surface area contributed by atoms with Crippen LogP contribution in [0.2, 0.25) is 10.0 Å². The van der Waals surface area contributed by atoms with Crippen molar-refractivity contribution in [2.24, 2.45) is 0 Å². The second-order valence-corrected chi connectivity index (χ2v) is 8.19. The van der Waals surface area contributed by atoms with Crippen molar-refractivity contribution in [1.82, 2.24) is 9.88 Å². The van der Waals surface area contributed by atoms with Gasteiger partial charge in [-0.3, -0.25) is 0 Å². The SMILES string of the molecule is CN(C)[C@@H]1CC[C@@H](OC(=O)c2ccc3nc(-c4cc(Cl)cc(Cl)c4)oc3c2)C1. The lowest BCUT2D eigenvalue weighted by Crippen LogP contribution is -2.26. The number of benzene rings is 2. The van der Waals surface area contributed by atoms with E-state index >= 15 is 0 Å². The summed E-state index contributed by atoms with van der Waals surface area (Å²) < 4.78 is 11.5. The highest BCUT2D eigenvalue weighted by Crippen LogP contribution is 2.30. The van der Waals surface area contributed by atoms with Gasteiger partial charge in [0.05, 0.1) is 5.56 Å². The molecule has 7 heteroatoms. The third kappa shape index (κ3) is 4.02. The van der Waals surface area contributed by atoms with E-state index in [0.29, 0.717) is 44.2 Å². The molecule has 0 amide bonds. The summed E-state index contributed by atoms with van der Waals surface area (Å²) in [7, 11) is 4.11. The summed E-state index contributed by atoms with van der Waals surface area (Å²) in [6, 6.07) is 10.7. The maximum atomic E-state index is 12.6. The molecule has 2 aromatic carbocycles. The molecule has 0 aliphatic heterocycles. The lowest BCUT2D eigenvalue weighted by Gasteiger charge is -2.18. The molecule has 4 rings (SSSR count). The third-order valence-corrected chi connectivity index (χ3v) is 5.53. The van der Waals surface area contributed by atoms with Crippen LogP contribution >= 0.6 is 23.2 Å². The van der Waals surface area contributed by atoms with Crippen LogP contribution in [-0.2, 0) is 4.74 Å². The van der Waals surface area contributed by atoms with E-state index in [1.807, 2.05) is 0 Å². The summed E-state index contributed by atoms with van der Waals surface area (Å²) in [4.78, 5) is 19.2. The molecule has 2 atom stereocenters. The van der Waals surface area contributed by atoms with Gasteiger partial charge in [0.15, 0.2) is 5.58 Å². The fourth-order valence-electron chi connectivity index (χ4n) is 3.57. The number of ether oxygens (including phenoxy) is 1. The molecule has 28 heavy (non-hydrogen) atoms. The van der Waals surface area contributed by atoms with Gasteiger partial charge in [0.25, 0.3) is 0 Å². The molecule has 3 aromatic rings. The molecule has 1 aliphatic rings. The Bertz CT molecular complexity index is 1010. The van der Waals surface area contributed by atoms with E-state index in [1.165, 1.54) is 0 Å². The number of halogens is 2. The van der Waals surface area contributed by atoms with Crippen LogP contribution in [0, 0.1) is 0 Å². The predicted octanol–water partition coefficient (Wildman–Crippen LogP) is 5.44. The van der Waals surface area contributed by atoms with E-state index in [-0.39, 0.29) is 12.1 Å². The van der Waals surface area contributed by atoms with E-state index in [9.17, 15) is 4.79 Å². The van der Waals surface area contributed by atoms with Gasteiger partial charge in [-0.15, -0.1) is 0 Å². The summed E-state index contributed by atoms with van der Waals surface area (Å²) in [5.74, 6) is 0.0598. The summed E-state index contributed by atoms with van der Waals surface area (Å²) in [5.41, 5.74) is 2.29. The first-order chi connectivity index (χ1) is 13.4. The minimum Gasteiger partial charge on any atom is -0.459 e. The van der Waals surface area contributed by atoms with Crippen molar-refractivity contribution in [3.63, 3.8) is 0 Å². The minimum absolute atomic E-state index is 0.0468. The van der Waals surface area contributed by atoms with Crippen LogP contribution in [-0.4, -0.2) is 42.1 Å². The van der Waals surface area contributed by atoms with Crippen LogP contribution < -0.4 is 0 Å². The zero-order chi connectivity index (χ0) is 19.8. The van der Waals surface area contributed by atoms with Gasteiger partial charge in [-0.2, -0.15) is 0 Å². The van der Waals surface area contributed by atoms with E-state index in [1.54, 1.807) is 36.4 Å². The third-order valence-electron chi connectivity index (χ3n) is 5.09. The Morgan fingerprint density at radius 3 is 2.57 bits per heavy atom. The molecule has 5 nitrogen and oxygen atoms in total. The predicted molar refractivity (Wildman–Crippen MR) is 110 cm³/mol. The number of carbonyl (C=O) groups excluding carboxylic acids is 1. The Kier molecular flexibility index (Phi) is 5.32. The standard InChI is InChI=1S/C21H20Cl2N2O3/c1-25(2)16-4-5-17(11-16)27-21(26)12-3-6-18-19(9-12)28-20(24-18)13-7-14(22)10-15(23)8-13/h3,6-10,16-17H,4-5,11H2,1-2H3/t16-,17-/m1/s1. The first-order valence-electron chi connectivity index (χ1n) is 9.13. The van der Waals surface area contributed by atoms with Crippen molar-refractivity contribution in [3.8, 4) is 11.5 Å². The Balaban J connectivity index is 1.54. The molecular formula is C21H20Cl2N2O3. The molecule has 1 aliphatic carbocycles. The molecule has 0 radical (unpaired) electrons. The minimum atomic E-state index is -0.338. The monoisotopic (exact) mass is 418 g/mol. The van der Waals surface area contributed by atoms with Crippen molar-refractivity contribution in [2.45, 2.75) is 31.4 Å². The lowest BCUT2D eigenvalue weighted by atomic mass is 10.2. The Morgan fingerprint density at radius 2 is 1.89 bits per heavy atom. The molecule has 0 N–H and O–H groups in total. The number of oxazole rings is 1. The fraction of sp³-hybridized carbons (Fsp3) is 0.333. The summed E-state index contributed by atoms with van der Waals surface area (Å²) in [5, 5.41) is 1.00. The second kappa shape index (κ2) is 7.74. The average molecular weight is 419 g/mol. The van der Waals surface area contributed by atoms with Gasteiger partial charge in [0.2, 0.25) is 5.89 Å². The van der Waals surface area contributed by atoms with Crippen molar-refractivity contribution in [1.29, 1.82) is 0 Å². The molecule has 1 aromatic heterocycles. The first kappa shape index (κ1) is 19.2. The number of nitrogens with zero attached hydrogens (tertiary/aromatic N) is 2. The van der Waals surface area contributed by atoms with E-state index in [4.69, 9.17) is 32.4 Å². The van der Waals surface area contributed by atoms with Crippen molar-refractivity contribution >= 4 is 40.3 Å². The molecule has 1 heterocycles. The van der Waals surface area contributed by atoms with Gasteiger partial charge >= 0.3 is 5.97 Å². The zero-order valence-corrected chi connectivity index (χ0v) is 17.1. The topological polar surface area (TPSA) is 55.6 Å². The maximum Gasteiger partial charge on any atom is 0.338 e. The highest BCUT2D eigenvalue weighted by atomic mass is 35.5. The van der Waals surface area contributed by atoms with Gasteiger partial charge < -0.3 is 14.1 Å². The zero-order valence-electron chi connectivity index (χ0n) is 15.6. The average Bonchev–Trinajstić information content (AvgIpc) is 3.26. The van der Waals surface area contributed by atoms with Gasteiger partial charge in [-0.05, 0) is 69.8 Å². The van der Waals surface area contributed by atoms with Gasteiger partial charge in [0.1, 0.15) is 11.6 Å². The van der Waals surface area contributed by atoms with Crippen molar-refractivity contribution < 1.29 is 13.9 Å². The number of rotatable bonds is 4. The number of aromatic nitrogens is 1. The molecule has 146 valence electrons. The van der Waals surface area contributed by atoms with Crippen LogP contribution in [0.25, 0.3) is 22.6 Å². The lowest BCUT2D eigenvalue weighted by molar-refractivity contribution is 0.0304. The summed E-state index contributed by atoms with van der Waals surface area (Å²) >= 11 is 12.1. The van der Waals surface area contributed by atoms with Crippen molar-refractivity contribution in [2.75, 3.05) is 14.1 Å². The quantitative estimate of drug-likeness (QED) is 0.527. The fourth-order valence-corrected chi connectivity index (χ4v) is 4.09. The number of fused-ring (bicyclic) bond motifs is 1. The highest BCUT2D eigenvalue weighted by molar-refractivity contribution is 6.35. The molecular weight excluding hydrogens is 399 g/mol. The molecule has 1 fully saturated rings. The van der Waals surface area contributed by atoms with Crippen LogP contribution in [0.3, 0.4) is 0 Å². The van der Waals surface area contributed by atoms with Crippen LogP contribution in [0.5, 0.6) is 0 Å². The van der Waals surface area contributed by atoms with Gasteiger partial charge in [0, 0.05) is 21.7 Å². The van der Waals surface area contributed by atoms with Crippen LogP contribution in [0.1, 0.15) is 29.6 Å². The van der Waals surface area contributed by atoms with E-state index in [2.05, 4.69) is 24.0 Å². The molecule has 0 bridgehead atoms. The number of esters is 1. The number of carbonyl (C=O) groups is 1.